The number of rotatable bonds is 12. The molecule has 3 aromatic heterocycles. The fraction of sp³-hybridized carbons (Fsp3) is 0.200. The second-order valence-electron chi connectivity index (χ2n) is 9.58. The highest BCUT2D eigenvalue weighted by molar-refractivity contribution is 7.89. The minimum Gasteiger partial charge on any atom is -0.491 e. The zero-order valence-corrected chi connectivity index (χ0v) is 23.3. The molecule has 0 saturated heterocycles. The van der Waals surface area contributed by atoms with Crippen molar-refractivity contribution in [3.8, 4) is 5.75 Å². The maximum atomic E-state index is 13.5. The van der Waals surface area contributed by atoms with E-state index in [0.717, 1.165) is 11.3 Å². The van der Waals surface area contributed by atoms with E-state index in [1.54, 1.807) is 30.3 Å². The molecule has 0 unspecified atom stereocenters. The lowest BCUT2D eigenvalue weighted by Gasteiger charge is -2.20. The molecule has 0 aliphatic carbocycles. The van der Waals surface area contributed by atoms with E-state index in [9.17, 15) is 13.2 Å². The number of ether oxygens (including phenoxy) is 1. The second-order valence-corrected chi connectivity index (χ2v) is 11.5. The number of carbonyl (C=O) groups excluding carboxylic acids is 1. The Labute approximate surface area is 237 Å². The van der Waals surface area contributed by atoms with Crippen LogP contribution in [0.25, 0.3) is 0 Å². The molecule has 2 aromatic carbocycles. The van der Waals surface area contributed by atoms with Crippen molar-refractivity contribution >= 4 is 21.6 Å². The lowest BCUT2D eigenvalue weighted by Crippen LogP contribution is -2.30. The van der Waals surface area contributed by atoms with Gasteiger partial charge in [-0.2, -0.15) is 4.31 Å². The van der Waals surface area contributed by atoms with Gasteiger partial charge in [-0.3, -0.25) is 4.79 Å². The molecule has 0 radical (unpaired) electrons. The van der Waals surface area contributed by atoms with Crippen LogP contribution in [0.5, 0.6) is 5.75 Å². The maximum Gasteiger partial charge on any atom is 0.277 e. The molecule has 0 atom stereocenters. The van der Waals surface area contributed by atoms with Crippen molar-refractivity contribution in [3.05, 3.63) is 120 Å². The predicted molar refractivity (Wildman–Crippen MR) is 150 cm³/mol. The van der Waals surface area contributed by atoms with Crippen LogP contribution in [-0.2, 0) is 29.5 Å². The first-order valence-corrected chi connectivity index (χ1v) is 14.4. The summed E-state index contributed by atoms with van der Waals surface area (Å²) in [7, 11) is -3.92. The Bertz CT molecular complexity index is 1620. The van der Waals surface area contributed by atoms with Gasteiger partial charge in [0.2, 0.25) is 10.0 Å². The van der Waals surface area contributed by atoms with Crippen LogP contribution in [0.3, 0.4) is 0 Å². The molecule has 41 heavy (non-hydrogen) atoms. The standard InChI is InChI=1S/C30H29N3O7S/c1-21(2)39-24-11-7-22(8-12-24)17-27-18-29(32-40-27)30(34)31-23-9-13-28(14-10-23)41(35,36)33(19-25-5-3-15-37-25)20-26-6-4-16-38-26/h3-16,18,21H,17,19-20H2,1-2H3,(H,31,34). The highest BCUT2D eigenvalue weighted by Gasteiger charge is 2.27. The lowest BCUT2D eigenvalue weighted by atomic mass is 10.1. The zero-order chi connectivity index (χ0) is 28.8. The number of sulfonamides is 1. The van der Waals surface area contributed by atoms with Gasteiger partial charge in [-0.25, -0.2) is 8.42 Å². The van der Waals surface area contributed by atoms with Gasteiger partial charge in [0.1, 0.15) is 23.0 Å². The summed E-state index contributed by atoms with van der Waals surface area (Å²) in [4.78, 5) is 12.8. The third kappa shape index (κ3) is 7.13. The van der Waals surface area contributed by atoms with Crippen molar-refractivity contribution in [1.82, 2.24) is 9.46 Å². The van der Waals surface area contributed by atoms with Crippen LogP contribution in [0.2, 0.25) is 0 Å². The van der Waals surface area contributed by atoms with Crippen LogP contribution in [0.15, 0.2) is 110 Å². The largest absolute Gasteiger partial charge is 0.491 e. The number of nitrogens with one attached hydrogen (secondary N) is 1. The van der Waals surface area contributed by atoms with Crippen molar-refractivity contribution in [2.24, 2.45) is 0 Å². The predicted octanol–water partition coefficient (Wildman–Crippen LogP) is 5.88. The fourth-order valence-electron chi connectivity index (χ4n) is 4.10. The molecule has 212 valence electrons. The monoisotopic (exact) mass is 575 g/mol. The molecule has 1 amide bonds. The topological polar surface area (TPSA) is 128 Å². The number of furan rings is 2. The minimum atomic E-state index is -3.92. The molecule has 3 heterocycles. The molecule has 10 nitrogen and oxygen atoms in total. The number of carbonyl (C=O) groups is 1. The third-order valence-electron chi connectivity index (χ3n) is 6.04. The first-order valence-electron chi connectivity index (χ1n) is 12.9. The van der Waals surface area contributed by atoms with E-state index in [2.05, 4.69) is 10.5 Å². The number of nitrogens with zero attached hydrogens (tertiary/aromatic N) is 2. The summed E-state index contributed by atoms with van der Waals surface area (Å²) in [5.41, 5.74) is 1.50. The molecule has 11 heteroatoms. The lowest BCUT2D eigenvalue weighted by molar-refractivity contribution is 0.101. The molecule has 5 rings (SSSR count). The Balaban J connectivity index is 1.23. The highest BCUT2D eigenvalue weighted by Crippen LogP contribution is 2.24. The van der Waals surface area contributed by atoms with Crippen LogP contribution in [-0.4, -0.2) is 29.9 Å². The molecule has 5 aromatic rings. The highest BCUT2D eigenvalue weighted by atomic mass is 32.2. The Morgan fingerprint density at radius 2 is 1.54 bits per heavy atom. The van der Waals surface area contributed by atoms with Gasteiger partial charge in [-0.05, 0) is 80.1 Å². The van der Waals surface area contributed by atoms with E-state index in [1.165, 1.54) is 41.1 Å². The van der Waals surface area contributed by atoms with E-state index < -0.39 is 15.9 Å². The summed E-state index contributed by atoms with van der Waals surface area (Å²) >= 11 is 0. The summed E-state index contributed by atoms with van der Waals surface area (Å²) in [6.45, 7) is 3.98. The van der Waals surface area contributed by atoms with Gasteiger partial charge in [-0.1, -0.05) is 17.3 Å². The Kier molecular flexibility index (Phi) is 8.37. The Morgan fingerprint density at radius 3 is 2.10 bits per heavy atom. The third-order valence-corrected chi connectivity index (χ3v) is 7.85. The average molecular weight is 576 g/mol. The summed E-state index contributed by atoms with van der Waals surface area (Å²) in [6.07, 6.45) is 3.53. The van der Waals surface area contributed by atoms with Crippen LogP contribution < -0.4 is 10.1 Å². The summed E-state index contributed by atoms with van der Waals surface area (Å²) in [5.74, 6) is 1.82. The second kappa shape index (κ2) is 12.3. The normalized spacial score (nSPS) is 11.7. The molecular formula is C30H29N3O7S. The van der Waals surface area contributed by atoms with E-state index in [4.69, 9.17) is 18.1 Å². The Morgan fingerprint density at radius 1 is 0.902 bits per heavy atom. The first kappa shape index (κ1) is 27.9. The SMILES string of the molecule is CC(C)Oc1ccc(Cc2cc(C(=O)Nc3ccc(S(=O)(=O)N(Cc4ccco4)Cc4ccco4)cc3)no2)cc1. The number of hydrogen-bond donors (Lipinski definition) is 1. The van der Waals surface area contributed by atoms with Crippen LogP contribution in [0, 0.1) is 0 Å². The number of aromatic nitrogens is 1. The number of amides is 1. The van der Waals surface area contributed by atoms with Gasteiger partial charge in [0.05, 0.1) is 36.6 Å². The van der Waals surface area contributed by atoms with E-state index in [0.29, 0.717) is 29.4 Å². The van der Waals surface area contributed by atoms with Gasteiger partial charge in [0.25, 0.3) is 5.91 Å². The molecule has 1 N–H and O–H groups in total. The van der Waals surface area contributed by atoms with Crippen LogP contribution in [0.4, 0.5) is 5.69 Å². The number of benzene rings is 2. The smallest absolute Gasteiger partial charge is 0.277 e. The molecule has 0 spiro atoms. The van der Waals surface area contributed by atoms with Gasteiger partial charge in [0.15, 0.2) is 5.69 Å². The maximum absolute atomic E-state index is 13.5. The number of anilines is 1. The Hall–Kier alpha value is -4.61. The summed E-state index contributed by atoms with van der Waals surface area (Å²) < 4.78 is 50.0. The van der Waals surface area contributed by atoms with E-state index >= 15 is 0 Å². The summed E-state index contributed by atoms with van der Waals surface area (Å²) in [5, 5.41) is 6.61. The molecular weight excluding hydrogens is 546 g/mol. The van der Waals surface area contributed by atoms with Gasteiger partial charge < -0.3 is 23.4 Å². The molecule has 0 bridgehead atoms. The molecule has 0 aliphatic rings. The van der Waals surface area contributed by atoms with E-state index in [-0.39, 0.29) is 29.8 Å². The average Bonchev–Trinajstić information content (AvgIpc) is 3.74. The van der Waals surface area contributed by atoms with Crippen molar-refractivity contribution in [2.75, 3.05) is 5.32 Å². The fourth-order valence-corrected chi connectivity index (χ4v) is 5.47. The van der Waals surface area contributed by atoms with Gasteiger partial charge >= 0.3 is 0 Å². The van der Waals surface area contributed by atoms with Crippen molar-refractivity contribution < 1.29 is 31.3 Å². The molecule has 0 saturated carbocycles. The minimum absolute atomic E-state index is 0.0267. The van der Waals surface area contributed by atoms with Crippen molar-refractivity contribution in [2.45, 2.75) is 44.4 Å². The van der Waals surface area contributed by atoms with Gasteiger partial charge in [0, 0.05) is 18.2 Å². The molecule has 0 aliphatic heterocycles. The van der Waals surface area contributed by atoms with Crippen LogP contribution >= 0.6 is 0 Å². The zero-order valence-electron chi connectivity index (χ0n) is 22.5. The van der Waals surface area contributed by atoms with E-state index in [1.807, 2.05) is 38.1 Å². The van der Waals surface area contributed by atoms with Crippen molar-refractivity contribution in [1.29, 1.82) is 0 Å². The quantitative estimate of drug-likeness (QED) is 0.195. The van der Waals surface area contributed by atoms with Gasteiger partial charge in [-0.15, -0.1) is 0 Å². The first-order chi connectivity index (χ1) is 19.8. The molecule has 0 fully saturated rings. The number of hydrogen-bond acceptors (Lipinski definition) is 8. The van der Waals surface area contributed by atoms with Crippen molar-refractivity contribution in [3.63, 3.8) is 0 Å². The summed E-state index contributed by atoms with van der Waals surface area (Å²) in [6, 6.07) is 21.9. The van der Waals surface area contributed by atoms with Crippen LogP contribution in [0.1, 0.15) is 47.2 Å².